The third-order valence-electron chi connectivity index (χ3n) is 1.15. The Morgan fingerprint density at radius 3 is 2.75 bits per heavy atom. The summed E-state index contributed by atoms with van der Waals surface area (Å²) in [7, 11) is 0. The highest BCUT2D eigenvalue weighted by atomic mass is 16.3. The van der Waals surface area contributed by atoms with E-state index < -0.39 is 6.04 Å². The van der Waals surface area contributed by atoms with Crippen molar-refractivity contribution in [1.29, 1.82) is 0 Å². The molecule has 1 aliphatic heterocycles. The van der Waals surface area contributed by atoms with Gasteiger partial charge in [-0.25, -0.2) is 0 Å². The zero-order valence-corrected chi connectivity index (χ0v) is 4.26. The third-order valence-corrected chi connectivity index (χ3v) is 1.15. The number of hydrogen-bond donors (Lipinski definition) is 1. The molecule has 0 spiro atoms. The van der Waals surface area contributed by atoms with Gasteiger partial charge in [0, 0.05) is 6.54 Å². The lowest BCUT2D eigenvalue weighted by Gasteiger charge is -1.88. The average Bonchev–Trinajstić information content (AvgIpc) is 2.14. The summed E-state index contributed by atoms with van der Waals surface area (Å²) in [5.41, 5.74) is 0. The van der Waals surface area contributed by atoms with E-state index >= 15 is 0 Å². The Labute approximate surface area is 46.2 Å². The number of carbonyl (C=O) groups excluding carboxylic acids is 1. The monoisotopic (exact) mass is 114 g/mol. The molecule has 1 rings (SSSR count). The first-order valence-electron chi connectivity index (χ1n) is 2.45. The van der Waals surface area contributed by atoms with Crippen LogP contribution in [-0.4, -0.2) is 18.5 Å². The highest BCUT2D eigenvalue weighted by molar-refractivity contribution is 5.83. The molecule has 0 aliphatic carbocycles. The fourth-order valence-electron chi connectivity index (χ4n) is 0.682. The van der Waals surface area contributed by atoms with Crippen LogP contribution in [0.3, 0.4) is 0 Å². The molecular formula is C4H6N2O2. The van der Waals surface area contributed by atoms with Crippen LogP contribution in [-0.2, 0) is 4.79 Å². The van der Waals surface area contributed by atoms with Gasteiger partial charge in [-0.15, -0.1) is 4.91 Å². The summed E-state index contributed by atoms with van der Waals surface area (Å²) in [6.07, 6.45) is 0.558. The molecule has 1 atom stereocenters. The predicted molar refractivity (Wildman–Crippen MR) is 27.2 cm³/mol. The van der Waals surface area contributed by atoms with Crippen LogP contribution >= 0.6 is 0 Å². The van der Waals surface area contributed by atoms with E-state index in [0.717, 1.165) is 0 Å². The number of nitroso groups, excluding NO2 is 1. The molecule has 0 saturated carbocycles. The van der Waals surface area contributed by atoms with Crippen LogP contribution < -0.4 is 5.32 Å². The van der Waals surface area contributed by atoms with E-state index in [0.29, 0.717) is 13.0 Å². The first-order chi connectivity index (χ1) is 3.84. The van der Waals surface area contributed by atoms with Gasteiger partial charge in [0.05, 0.1) is 0 Å². The van der Waals surface area contributed by atoms with Crippen molar-refractivity contribution in [2.24, 2.45) is 5.18 Å². The van der Waals surface area contributed by atoms with Gasteiger partial charge in [-0.1, -0.05) is 5.18 Å². The second-order valence-corrected chi connectivity index (χ2v) is 1.70. The molecule has 8 heavy (non-hydrogen) atoms. The van der Waals surface area contributed by atoms with Gasteiger partial charge in [-0.2, -0.15) is 0 Å². The van der Waals surface area contributed by atoms with E-state index in [1.54, 1.807) is 0 Å². The third kappa shape index (κ3) is 0.685. The van der Waals surface area contributed by atoms with Crippen LogP contribution in [0, 0.1) is 4.91 Å². The fourth-order valence-corrected chi connectivity index (χ4v) is 0.682. The van der Waals surface area contributed by atoms with Gasteiger partial charge in [0.15, 0.2) is 6.04 Å². The molecule has 1 fully saturated rings. The number of nitrogens with zero attached hydrogens (tertiary/aromatic N) is 1. The largest absolute Gasteiger partial charge is 0.354 e. The summed E-state index contributed by atoms with van der Waals surface area (Å²) in [5, 5.41) is 5.09. The Balaban J connectivity index is 2.54. The van der Waals surface area contributed by atoms with Crippen molar-refractivity contribution in [2.45, 2.75) is 12.5 Å². The van der Waals surface area contributed by atoms with E-state index in [1.165, 1.54) is 0 Å². The van der Waals surface area contributed by atoms with E-state index in [1.807, 2.05) is 0 Å². The van der Waals surface area contributed by atoms with Crippen molar-refractivity contribution in [3.63, 3.8) is 0 Å². The first-order valence-corrected chi connectivity index (χ1v) is 2.45. The van der Waals surface area contributed by atoms with Crippen LogP contribution in [0.2, 0.25) is 0 Å². The summed E-state index contributed by atoms with van der Waals surface area (Å²) in [6.45, 7) is 0.593. The zero-order chi connectivity index (χ0) is 5.98. The van der Waals surface area contributed by atoms with E-state index in [-0.39, 0.29) is 5.91 Å². The first kappa shape index (κ1) is 5.21. The Kier molecular flexibility index (Phi) is 1.24. The second-order valence-electron chi connectivity index (χ2n) is 1.70. The van der Waals surface area contributed by atoms with Gasteiger partial charge < -0.3 is 5.32 Å². The van der Waals surface area contributed by atoms with E-state index in [9.17, 15) is 9.70 Å². The quantitative estimate of drug-likeness (QED) is 0.473. The SMILES string of the molecule is O=NC1CCNC1=O. The summed E-state index contributed by atoms with van der Waals surface area (Å²) < 4.78 is 0. The van der Waals surface area contributed by atoms with Crippen LogP contribution in [0.5, 0.6) is 0 Å². The lowest BCUT2D eigenvalue weighted by Crippen LogP contribution is -2.20. The average molecular weight is 114 g/mol. The lowest BCUT2D eigenvalue weighted by atomic mass is 10.3. The Morgan fingerprint density at radius 1 is 1.75 bits per heavy atom. The normalized spacial score (nSPS) is 27.5. The fraction of sp³-hybridized carbons (Fsp3) is 0.750. The summed E-state index contributed by atoms with van der Waals surface area (Å²) in [5.74, 6) is -0.236. The second kappa shape index (κ2) is 1.90. The molecular weight excluding hydrogens is 108 g/mol. The van der Waals surface area contributed by atoms with Gasteiger partial charge >= 0.3 is 0 Å². The maximum Gasteiger partial charge on any atom is 0.248 e. The van der Waals surface area contributed by atoms with Gasteiger partial charge in [0.2, 0.25) is 5.91 Å². The smallest absolute Gasteiger partial charge is 0.248 e. The van der Waals surface area contributed by atoms with Crippen molar-refractivity contribution in [1.82, 2.24) is 5.32 Å². The van der Waals surface area contributed by atoms with Crippen molar-refractivity contribution in [3.8, 4) is 0 Å². The number of hydrogen-bond acceptors (Lipinski definition) is 3. The summed E-state index contributed by atoms with van der Waals surface area (Å²) in [4.78, 5) is 20.1. The minimum Gasteiger partial charge on any atom is -0.354 e. The van der Waals surface area contributed by atoms with Crippen LogP contribution in [0.15, 0.2) is 5.18 Å². The molecule has 44 valence electrons. The van der Waals surface area contributed by atoms with Gasteiger partial charge in [0.1, 0.15) is 0 Å². The Morgan fingerprint density at radius 2 is 2.50 bits per heavy atom. The summed E-state index contributed by atoms with van der Waals surface area (Å²) >= 11 is 0. The van der Waals surface area contributed by atoms with Crippen molar-refractivity contribution in [3.05, 3.63) is 4.91 Å². The van der Waals surface area contributed by atoms with Crippen LogP contribution in [0.1, 0.15) is 6.42 Å². The molecule has 1 heterocycles. The standard InChI is InChI=1S/C4H6N2O2/c7-4-3(6-8)1-2-5-4/h3H,1-2H2,(H,5,7). The highest BCUT2D eigenvalue weighted by Gasteiger charge is 2.23. The Hall–Kier alpha value is -0.930. The number of rotatable bonds is 1. The molecule has 1 saturated heterocycles. The van der Waals surface area contributed by atoms with Gasteiger partial charge in [0.25, 0.3) is 0 Å². The molecule has 0 radical (unpaired) electrons. The Bertz CT molecular complexity index is 123. The molecule has 4 nitrogen and oxygen atoms in total. The number of nitrogens with one attached hydrogen (secondary N) is 1. The maximum atomic E-state index is 10.4. The molecule has 1 unspecified atom stereocenters. The lowest BCUT2D eigenvalue weighted by molar-refractivity contribution is -0.120. The topological polar surface area (TPSA) is 58.5 Å². The minimum absolute atomic E-state index is 0.236. The van der Waals surface area contributed by atoms with Crippen LogP contribution in [0.4, 0.5) is 0 Å². The van der Waals surface area contributed by atoms with Gasteiger partial charge in [-0.3, -0.25) is 4.79 Å². The number of amides is 1. The zero-order valence-electron chi connectivity index (χ0n) is 4.26. The molecule has 0 bridgehead atoms. The number of carbonyl (C=O) groups is 1. The highest BCUT2D eigenvalue weighted by Crippen LogP contribution is 2.02. The van der Waals surface area contributed by atoms with Crippen molar-refractivity contribution in [2.75, 3.05) is 6.54 Å². The molecule has 1 N–H and O–H groups in total. The molecule has 1 aliphatic rings. The van der Waals surface area contributed by atoms with Gasteiger partial charge in [-0.05, 0) is 6.42 Å². The van der Waals surface area contributed by atoms with E-state index in [2.05, 4.69) is 10.5 Å². The summed E-state index contributed by atoms with van der Waals surface area (Å²) in [6, 6.07) is -0.616. The van der Waals surface area contributed by atoms with Crippen LogP contribution in [0.25, 0.3) is 0 Å². The molecule has 0 aromatic heterocycles. The van der Waals surface area contributed by atoms with E-state index in [4.69, 9.17) is 0 Å². The molecule has 1 amide bonds. The minimum atomic E-state index is -0.616. The maximum absolute atomic E-state index is 10.4. The predicted octanol–water partition coefficient (Wildman–Crippen LogP) is -0.359. The molecule has 0 aromatic carbocycles. The van der Waals surface area contributed by atoms with Crippen molar-refractivity contribution < 1.29 is 4.79 Å². The molecule has 0 aromatic rings. The van der Waals surface area contributed by atoms with Crippen molar-refractivity contribution >= 4 is 5.91 Å². The molecule has 4 heteroatoms.